The van der Waals surface area contributed by atoms with Crippen molar-refractivity contribution in [3.63, 3.8) is 0 Å². The quantitative estimate of drug-likeness (QED) is 0.0582. The van der Waals surface area contributed by atoms with Gasteiger partial charge >= 0.3 is 11.9 Å². The molecule has 28 heteroatoms. The Morgan fingerprint density at radius 1 is 0.472 bits per heavy atom. The van der Waals surface area contributed by atoms with Gasteiger partial charge in [-0.25, -0.2) is 0 Å². The highest BCUT2D eigenvalue weighted by molar-refractivity contribution is 5.79. The molecule has 10 fully saturated rings. The largest absolute Gasteiger partial charge is 0.462 e. The van der Waals surface area contributed by atoms with Crippen LogP contribution in [-0.4, -0.2) is 279 Å². The summed E-state index contributed by atoms with van der Waals surface area (Å²) in [4.78, 5) is 28.8. The first-order chi connectivity index (χ1) is 59.4. The molecule has 0 unspecified atom stereocenters. The van der Waals surface area contributed by atoms with Gasteiger partial charge in [0.2, 0.25) is 0 Å². The van der Waals surface area contributed by atoms with Crippen LogP contribution < -0.4 is 0 Å². The fraction of sp³-hybridized carbons (Fsp3) is 0.814. The number of allylic oxidation sites excluding steroid dienone is 4. The molecule has 10 saturated heterocycles. The van der Waals surface area contributed by atoms with E-state index in [0.29, 0.717) is 123 Å². The van der Waals surface area contributed by atoms with Crippen molar-refractivity contribution in [1.29, 1.82) is 0 Å². The van der Waals surface area contributed by atoms with Crippen molar-refractivity contribution in [2.24, 2.45) is 47.3 Å². The van der Waals surface area contributed by atoms with Gasteiger partial charge in [0.25, 0.3) is 0 Å². The summed E-state index contributed by atoms with van der Waals surface area (Å²) in [5.41, 5.74) is 0.382. The van der Waals surface area contributed by atoms with Gasteiger partial charge in [0.05, 0.1) is 98.7 Å². The van der Waals surface area contributed by atoms with Crippen LogP contribution in [0.3, 0.4) is 0 Å². The van der Waals surface area contributed by atoms with E-state index in [1.54, 1.807) is 80.4 Å². The van der Waals surface area contributed by atoms with Crippen LogP contribution in [0.25, 0.3) is 0 Å². The second-order valence-electron chi connectivity index (χ2n) is 39.5. The molecule has 6 N–H and O–H groups in total. The van der Waals surface area contributed by atoms with E-state index < -0.39 is 182 Å². The average molecular weight is 1760 g/mol. The molecule has 0 aromatic rings. The number of rotatable bonds is 17. The third kappa shape index (κ3) is 21.9. The zero-order valence-corrected chi connectivity index (χ0v) is 77.7. The fourth-order valence-electron chi connectivity index (χ4n) is 21.8. The lowest BCUT2D eigenvalue weighted by atomic mass is 9.71. The number of hydrogen-bond acceptors (Lipinski definition) is 28. The fourth-order valence-corrected chi connectivity index (χ4v) is 21.8. The highest BCUT2D eigenvalue weighted by atomic mass is 16.8. The van der Waals surface area contributed by atoms with Gasteiger partial charge in [0.15, 0.2) is 36.7 Å². The Balaban J connectivity index is 0.000000215. The highest BCUT2D eigenvalue weighted by Crippen LogP contribution is 2.52. The lowest BCUT2D eigenvalue weighted by Crippen LogP contribution is -2.58. The molecular weight excluding hydrogens is 1610 g/mol. The third-order valence-corrected chi connectivity index (χ3v) is 29.7. The Morgan fingerprint density at radius 3 is 1.23 bits per heavy atom. The predicted molar refractivity (Wildman–Crippen MR) is 459 cm³/mol. The van der Waals surface area contributed by atoms with Gasteiger partial charge < -0.3 is 125 Å². The van der Waals surface area contributed by atoms with Crippen LogP contribution in [0.1, 0.15) is 220 Å². The molecule has 28 nitrogen and oxygen atoms in total. The molecule has 14 aliphatic rings. The summed E-state index contributed by atoms with van der Waals surface area (Å²) in [6, 6.07) is 0. The number of carbonyl (C=O) groups excluding carboxylic acids is 2. The predicted octanol–water partition coefficient (Wildman–Crippen LogP) is 11.6. The van der Waals surface area contributed by atoms with Crippen molar-refractivity contribution >= 4 is 11.9 Å². The average Bonchev–Trinajstić information content (AvgIpc) is 1.60. The second-order valence-corrected chi connectivity index (χ2v) is 39.5. The van der Waals surface area contributed by atoms with Crippen LogP contribution >= 0.6 is 0 Å². The minimum atomic E-state index is -1.82. The summed E-state index contributed by atoms with van der Waals surface area (Å²) in [5.74, 6) is -3.88. The number of methoxy groups -OCH3 is 4. The van der Waals surface area contributed by atoms with Gasteiger partial charge in [0.1, 0.15) is 84.1 Å². The first-order valence-corrected chi connectivity index (χ1v) is 46.8. The zero-order valence-electron chi connectivity index (χ0n) is 77.7. The van der Waals surface area contributed by atoms with Crippen molar-refractivity contribution < 1.29 is 135 Å². The number of carbonyl (C=O) groups is 2. The van der Waals surface area contributed by atoms with Gasteiger partial charge in [0, 0.05) is 104 Å². The molecule has 12 aliphatic heterocycles. The Kier molecular flexibility index (Phi) is 33.1. The van der Waals surface area contributed by atoms with Crippen molar-refractivity contribution in [2.45, 2.75) is 414 Å². The normalized spacial score (nSPS) is 48.9. The lowest BCUT2D eigenvalue weighted by Gasteiger charge is -2.50. The zero-order chi connectivity index (χ0) is 90.1. The standard InChI is InChI=1S/C49H76O14.C48H74O14/c1-11-26(2)19-37-27(3)17-18-48(63-37)24-35-21-34(62-48)16-15-29(5)44(28(4)13-12-14-33-25-56-46-42(50)30(6)20-36(47(52)59-35)49(33,46)53)60-41-23-39(55-10)45(32(8)58-41)61-40-22-38(54-9)43(51)31(7)57-40;1-25(2)18-36-26(3)16-17-47(62-36)23-34-20-33(61-47)15-14-28(5)43(27(4)12-11-13-32-24-55-45-41(49)29(6)19-35(46(51)58-34)48(32,45)52)59-40-22-38(54-10)44(31(8)57-40)60-39-21-37(53-9)42(50)30(7)56-39/h12-15,20,26-28,31-32,34-46,50-51,53H,11,16-19,21-25H2,1-10H3;11-14,19,25-27,30-31,33-45,49-50,52H,15-18,20-24H2,1-10H3/b13-12+,29-15+,33-14+;12-11+,28-14+,32-13+/t26-,27-,28-,31-,32-,34+,35-,36-,37+,38-,39-,40-,41-,42+,43-,44-,45-,46+,48+,49+;26-,27-,30-,31-,33+,34-,35-,36+,37-,38-,39-,40-,41+,42-,43-,44-,45+,47+,48+/m00/s1. The topological polar surface area (TPSA) is 340 Å². The summed E-state index contributed by atoms with van der Waals surface area (Å²) < 4.78 is 128. The molecule has 0 aromatic carbocycles. The number of esters is 2. The summed E-state index contributed by atoms with van der Waals surface area (Å²) in [6.07, 6.45) is 14.1. The second kappa shape index (κ2) is 42.0. The number of aliphatic hydroxyl groups excluding tert-OH is 4. The Bertz CT molecular complexity index is 3860. The molecule has 2 spiro atoms. The van der Waals surface area contributed by atoms with Crippen LogP contribution in [0, 0.1) is 47.3 Å². The summed E-state index contributed by atoms with van der Waals surface area (Å²) in [5, 5.41) is 68.5. The molecule has 125 heavy (non-hydrogen) atoms. The van der Waals surface area contributed by atoms with Crippen LogP contribution in [-0.2, 0) is 104 Å². The summed E-state index contributed by atoms with van der Waals surface area (Å²) in [6.45, 7) is 32.6. The van der Waals surface area contributed by atoms with E-state index in [2.05, 4.69) is 81.4 Å². The monoisotopic (exact) mass is 1760 g/mol. The number of ether oxygens (including phenoxy) is 20. The lowest BCUT2D eigenvalue weighted by molar-refractivity contribution is -0.337. The molecule has 0 aromatic heterocycles. The number of aliphatic hydroxyl groups is 6. The minimum Gasteiger partial charge on any atom is -0.462 e. The van der Waals surface area contributed by atoms with Gasteiger partial charge in [-0.1, -0.05) is 123 Å². The Labute approximate surface area is 741 Å². The number of fused-ring (bicyclic) bond motifs is 4. The molecule has 12 heterocycles. The van der Waals surface area contributed by atoms with E-state index in [4.69, 9.17) is 94.7 Å². The maximum Gasteiger partial charge on any atom is 0.316 e. The SMILES string of the molecule is CC[C@H](C)C[C@H]1O[C@]2(CC[C@@H]1C)C[C@@H]1C[C@@H](C/C=C(\C)[C@@H](O[C@H]3C[C@H](OC)[C@@H](O[C@H]4C[C@H](OC)[C@@H](O)[C@H](C)O4)[C@H](C)O3)[C@@H](C)/C=C/C=C3\CO[C@@H]4[C@H](O)C(C)=C[C@@H](C(=O)O1)[C@]34O)O2.CO[C@H]1C[C@H](O[C@H]2[C@H](C)O[C@@H](O[C@@H]3/C(C)=C/C[C@@H]4C[C@@H](C[C@]5(CC[C@H](C)[C@@H](CC(C)C)O5)O4)OC(=O)[C@@H]4C=C(C)[C@@H](O)[C@H]5OC/C(=C\C=C\[C@@H]3C)[C@]54O)C[C@@H]2OC)O[C@@H](C)[C@@H]1O. The van der Waals surface area contributed by atoms with E-state index in [-0.39, 0.29) is 61.7 Å². The van der Waals surface area contributed by atoms with Crippen LogP contribution in [0.4, 0.5) is 0 Å². The van der Waals surface area contributed by atoms with Crippen LogP contribution in [0.2, 0.25) is 0 Å². The van der Waals surface area contributed by atoms with Crippen molar-refractivity contribution in [3.8, 4) is 0 Å². The summed E-state index contributed by atoms with van der Waals surface area (Å²) >= 11 is 0. The van der Waals surface area contributed by atoms with Crippen molar-refractivity contribution in [2.75, 3.05) is 41.7 Å². The van der Waals surface area contributed by atoms with Crippen LogP contribution in [0.5, 0.6) is 0 Å². The van der Waals surface area contributed by atoms with E-state index in [1.165, 1.54) is 0 Å². The Morgan fingerprint density at radius 2 is 0.848 bits per heavy atom. The molecule has 4 bridgehead atoms. The van der Waals surface area contributed by atoms with Gasteiger partial charge in [-0.05, 0) is 151 Å². The van der Waals surface area contributed by atoms with Gasteiger partial charge in [-0.2, -0.15) is 0 Å². The molecule has 0 saturated carbocycles. The van der Waals surface area contributed by atoms with Gasteiger partial charge in [-0.3, -0.25) is 9.59 Å². The molecule has 2 aliphatic carbocycles. The molecule has 0 radical (unpaired) electrons. The molecule has 0 amide bonds. The first kappa shape index (κ1) is 98.4. The van der Waals surface area contributed by atoms with E-state index in [1.807, 2.05) is 38.2 Å². The highest BCUT2D eigenvalue weighted by Gasteiger charge is 2.63. The minimum absolute atomic E-state index is 0.00218. The maximum absolute atomic E-state index is 14.4. The number of hydrogen-bond donors (Lipinski definition) is 6. The first-order valence-electron chi connectivity index (χ1n) is 46.8. The molecule has 14 rings (SSSR count). The van der Waals surface area contributed by atoms with Crippen molar-refractivity contribution in [3.05, 3.63) is 94.2 Å². The van der Waals surface area contributed by atoms with Gasteiger partial charge in [-0.15, -0.1) is 0 Å². The molecule has 706 valence electrons. The smallest absolute Gasteiger partial charge is 0.316 e. The van der Waals surface area contributed by atoms with Crippen LogP contribution in [0.15, 0.2) is 94.2 Å². The molecular formula is C97H150O28. The maximum atomic E-state index is 14.4. The van der Waals surface area contributed by atoms with Crippen molar-refractivity contribution in [1.82, 2.24) is 0 Å². The summed E-state index contributed by atoms with van der Waals surface area (Å²) in [7, 11) is 6.46. The third-order valence-electron chi connectivity index (χ3n) is 29.7. The Hall–Kier alpha value is -4.10. The van der Waals surface area contributed by atoms with E-state index >= 15 is 0 Å². The van der Waals surface area contributed by atoms with E-state index in [9.17, 15) is 40.2 Å². The van der Waals surface area contributed by atoms with E-state index in [0.717, 1.165) is 43.3 Å². The molecule has 39 atom stereocenters.